The smallest absolute Gasteiger partial charge is 0.320 e. The van der Waals surface area contributed by atoms with Crippen LogP contribution in [0.1, 0.15) is 25.3 Å². The molecule has 0 aliphatic heterocycles. The Balaban J connectivity index is 2.75. The van der Waals surface area contributed by atoms with E-state index in [-0.39, 0.29) is 0 Å². The predicted octanol–water partition coefficient (Wildman–Crippen LogP) is 2.69. The molecule has 1 aromatic rings. The predicted molar refractivity (Wildman–Crippen MR) is 71.2 cm³/mol. The van der Waals surface area contributed by atoms with Crippen molar-refractivity contribution in [3.8, 4) is 5.75 Å². The molecule has 4 nitrogen and oxygen atoms in total. The highest BCUT2D eigenvalue weighted by atomic mass is 35.5. The average molecular weight is 272 g/mol. The fraction of sp³-hybridized carbons (Fsp3) is 0.462. The van der Waals surface area contributed by atoms with E-state index in [1.165, 1.54) is 0 Å². The molecular weight excluding hydrogens is 254 g/mol. The van der Waals surface area contributed by atoms with Crippen molar-refractivity contribution in [2.45, 2.75) is 32.4 Å². The summed E-state index contributed by atoms with van der Waals surface area (Å²) in [4.78, 5) is 11.0. The van der Waals surface area contributed by atoms with Gasteiger partial charge in [0.15, 0.2) is 0 Å². The fourth-order valence-electron chi connectivity index (χ4n) is 1.73. The number of carboxylic acid groups (broad SMARTS) is 1. The van der Waals surface area contributed by atoms with Crippen molar-refractivity contribution in [2.75, 3.05) is 7.11 Å². The molecule has 18 heavy (non-hydrogen) atoms. The minimum atomic E-state index is -0.845. The number of nitrogens with one attached hydrogen (secondary N) is 1. The Kier molecular flexibility index (Phi) is 5.95. The van der Waals surface area contributed by atoms with E-state index < -0.39 is 12.0 Å². The average Bonchev–Trinajstić information content (AvgIpc) is 2.35. The molecule has 0 amide bonds. The summed E-state index contributed by atoms with van der Waals surface area (Å²) in [5.41, 5.74) is 0.781. The van der Waals surface area contributed by atoms with E-state index >= 15 is 0 Å². The van der Waals surface area contributed by atoms with Gasteiger partial charge in [0.05, 0.1) is 7.11 Å². The Morgan fingerprint density at radius 2 is 2.28 bits per heavy atom. The van der Waals surface area contributed by atoms with E-state index in [4.69, 9.17) is 21.4 Å². The standard InChI is InChI=1S/C13H18ClNO3/c1-3-5-11(13(16)17)15-8-9-10(14)6-4-7-12(9)18-2/h4,6-7,11,15H,3,5,8H2,1-2H3,(H,16,17). The van der Waals surface area contributed by atoms with Crippen LogP contribution in [0, 0.1) is 0 Å². The maximum Gasteiger partial charge on any atom is 0.320 e. The van der Waals surface area contributed by atoms with Crippen LogP contribution in [0.2, 0.25) is 5.02 Å². The second kappa shape index (κ2) is 7.24. The first-order valence-electron chi connectivity index (χ1n) is 5.87. The summed E-state index contributed by atoms with van der Waals surface area (Å²) in [7, 11) is 1.57. The first-order valence-corrected chi connectivity index (χ1v) is 6.25. The monoisotopic (exact) mass is 271 g/mol. The Hall–Kier alpha value is -1.26. The second-order valence-electron chi connectivity index (χ2n) is 3.98. The van der Waals surface area contributed by atoms with Crippen molar-refractivity contribution < 1.29 is 14.6 Å². The molecule has 0 heterocycles. The molecule has 2 N–H and O–H groups in total. The molecule has 0 aliphatic carbocycles. The minimum absolute atomic E-state index is 0.375. The van der Waals surface area contributed by atoms with Gasteiger partial charge >= 0.3 is 5.97 Å². The highest BCUT2D eigenvalue weighted by Gasteiger charge is 2.17. The molecule has 1 unspecified atom stereocenters. The topological polar surface area (TPSA) is 58.6 Å². The van der Waals surface area contributed by atoms with Crippen LogP contribution in [0.5, 0.6) is 5.75 Å². The molecule has 0 aliphatic rings. The van der Waals surface area contributed by atoms with E-state index in [2.05, 4.69) is 5.32 Å². The van der Waals surface area contributed by atoms with E-state index in [1.807, 2.05) is 6.92 Å². The van der Waals surface area contributed by atoms with Crippen LogP contribution in [0.3, 0.4) is 0 Å². The summed E-state index contributed by atoms with van der Waals surface area (Å²) < 4.78 is 5.21. The molecule has 0 radical (unpaired) electrons. The number of methoxy groups -OCH3 is 1. The minimum Gasteiger partial charge on any atom is -0.496 e. The second-order valence-corrected chi connectivity index (χ2v) is 4.39. The van der Waals surface area contributed by atoms with Crippen LogP contribution < -0.4 is 10.1 Å². The molecule has 1 rings (SSSR count). The third-order valence-electron chi connectivity index (χ3n) is 2.70. The molecule has 0 aromatic heterocycles. The van der Waals surface area contributed by atoms with Gasteiger partial charge in [-0.3, -0.25) is 4.79 Å². The van der Waals surface area contributed by atoms with Gasteiger partial charge in [0.2, 0.25) is 0 Å². The van der Waals surface area contributed by atoms with Gasteiger partial charge < -0.3 is 15.2 Å². The molecule has 0 fully saturated rings. The Labute approximate surface area is 112 Å². The fourth-order valence-corrected chi connectivity index (χ4v) is 1.96. The van der Waals surface area contributed by atoms with E-state index in [0.717, 1.165) is 12.0 Å². The van der Waals surface area contributed by atoms with Gasteiger partial charge in [0.1, 0.15) is 11.8 Å². The maximum atomic E-state index is 11.0. The number of rotatable bonds is 7. The summed E-state index contributed by atoms with van der Waals surface area (Å²) in [6, 6.07) is 4.80. The summed E-state index contributed by atoms with van der Waals surface area (Å²) in [6.07, 6.45) is 1.39. The number of hydrogen-bond donors (Lipinski definition) is 2. The summed E-state index contributed by atoms with van der Waals surface area (Å²) in [5, 5.41) is 12.6. The van der Waals surface area contributed by atoms with Crippen LogP contribution >= 0.6 is 11.6 Å². The number of halogens is 1. The van der Waals surface area contributed by atoms with Crippen LogP contribution in [0.4, 0.5) is 0 Å². The van der Waals surface area contributed by atoms with Crippen molar-refractivity contribution in [3.05, 3.63) is 28.8 Å². The SMILES string of the molecule is CCCC(NCc1c(Cl)cccc1OC)C(=O)O. The van der Waals surface area contributed by atoms with E-state index in [0.29, 0.717) is 23.7 Å². The van der Waals surface area contributed by atoms with Gasteiger partial charge in [-0.15, -0.1) is 0 Å². The van der Waals surface area contributed by atoms with Crippen LogP contribution in [0.15, 0.2) is 18.2 Å². The molecule has 5 heteroatoms. The van der Waals surface area contributed by atoms with E-state index in [9.17, 15) is 4.79 Å². The quantitative estimate of drug-likeness (QED) is 0.801. The third kappa shape index (κ3) is 3.89. The summed E-state index contributed by atoms with van der Waals surface area (Å²) in [5.74, 6) is -0.182. The Bertz CT molecular complexity index is 409. The van der Waals surface area contributed by atoms with Gasteiger partial charge in [-0.1, -0.05) is 31.0 Å². The lowest BCUT2D eigenvalue weighted by atomic mass is 10.1. The van der Waals surface area contributed by atoms with Gasteiger partial charge in [0.25, 0.3) is 0 Å². The number of carbonyl (C=O) groups is 1. The van der Waals surface area contributed by atoms with Crippen LogP contribution in [0.25, 0.3) is 0 Å². The molecule has 1 atom stereocenters. The number of hydrogen-bond acceptors (Lipinski definition) is 3. The molecule has 100 valence electrons. The molecule has 1 aromatic carbocycles. The number of aliphatic carboxylic acids is 1. The largest absolute Gasteiger partial charge is 0.496 e. The number of benzene rings is 1. The maximum absolute atomic E-state index is 11.0. The van der Waals surface area contributed by atoms with Gasteiger partial charge in [0, 0.05) is 17.1 Å². The lowest BCUT2D eigenvalue weighted by Crippen LogP contribution is -2.36. The first kappa shape index (κ1) is 14.8. The lowest BCUT2D eigenvalue weighted by Gasteiger charge is -2.16. The first-order chi connectivity index (χ1) is 8.60. The zero-order chi connectivity index (χ0) is 13.5. The highest BCUT2D eigenvalue weighted by molar-refractivity contribution is 6.31. The van der Waals surface area contributed by atoms with Crippen molar-refractivity contribution in [1.82, 2.24) is 5.32 Å². The molecule has 0 spiro atoms. The van der Waals surface area contributed by atoms with Crippen molar-refractivity contribution >= 4 is 17.6 Å². The van der Waals surface area contributed by atoms with Crippen LogP contribution in [-0.2, 0) is 11.3 Å². The number of carboxylic acids is 1. The normalized spacial score (nSPS) is 12.2. The molecule has 0 saturated heterocycles. The van der Waals surface area contributed by atoms with Crippen molar-refractivity contribution in [2.24, 2.45) is 0 Å². The summed E-state index contributed by atoms with van der Waals surface area (Å²) >= 11 is 6.08. The van der Waals surface area contributed by atoms with Gasteiger partial charge in [-0.2, -0.15) is 0 Å². The van der Waals surface area contributed by atoms with Crippen molar-refractivity contribution in [1.29, 1.82) is 0 Å². The van der Waals surface area contributed by atoms with Crippen LogP contribution in [-0.4, -0.2) is 24.2 Å². The number of ether oxygens (including phenoxy) is 1. The van der Waals surface area contributed by atoms with E-state index in [1.54, 1.807) is 25.3 Å². The zero-order valence-electron chi connectivity index (χ0n) is 10.6. The summed E-state index contributed by atoms with van der Waals surface area (Å²) in [6.45, 7) is 2.33. The third-order valence-corrected chi connectivity index (χ3v) is 3.05. The lowest BCUT2D eigenvalue weighted by molar-refractivity contribution is -0.139. The molecular formula is C13H18ClNO3. The van der Waals surface area contributed by atoms with Crippen molar-refractivity contribution in [3.63, 3.8) is 0 Å². The zero-order valence-corrected chi connectivity index (χ0v) is 11.3. The van der Waals surface area contributed by atoms with Gasteiger partial charge in [-0.05, 0) is 18.6 Å². The molecule has 0 bridgehead atoms. The Morgan fingerprint density at radius 1 is 1.56 bits per heavy atom. The Morgan fingerprint density at radius 3 is 2.83 bits per heavy atom. The molecule has 0 saturated carbocycles. The van der Waals surface area contributed by atoms with Gasteiger partial charge in [-0.25, -0.2) is 0 Å². The highest BCUT2D eigenvalue weighted by Crippen LogP contribution is 2.26.